The van der Waals surface area contributed by atoms with Gasteiger partial charge in [0.1, 0.15) is 17.5 Å². The number of anilines is 1. The molecule has 0 bridgehead atoms. The van der Waals surface area contributed by atoms with Gasteiger partial charge in [-0.25, -0.2) is 4.98 Å². The van der Waals surface area contributed by atoms with Gasteiger partial charge in [0.25, 0.3) is 0 Å². The molecular formula is C17H11ClN4. The first-order chi connectivity index (χ1) is 10.7. The van der Waals surface area contributed by atoms with E-state index in [9.17, 15) is 5.26 Å². The van der Waals surface area contributed by atoms with E-state index in [1.165, 1.54) is 0 Å². The third-order valence-electron chi connectivity index (χ3n) is 3.30. The molecule has 0 aliphatic rings. The maximum Gasteiger partial charge on any atom is 0.142 e. The van der Waals surface area contributed by atoms with Gasteiger partial charge in [0.2, 0.25) is 0 Å². The SMILES string of the molecule is N#Cc1c(-c2ccccc2Cl)cc(-c2ccncc2)nc1N. The van der Waals surface area contributed by atoms with Gasteiger partial charge in [-0.3, -0.25) is 4.98 Å². The van der Waals surface area contributed by atoms with Crippen molar-refractivity contribution in [2.75, 3.05) is 5.73 Å². The summed E-state index contributed by atoms with van der Waals surface area (Å²) < 4.78 is 0. The summed E-state index contributed by atoms with van der Waals surface area (Å²) in [5.74, 6) is 0.187. The smallest absolute Gasteiger partial charge is 0.142 e. The molecule has 0 aliphatic carbocycles. The van der Waals surface area contributed by atoms with Crippen molar-refractivity contribution in [3.8, 4) is 28.5 Å². The van der Waals surface area contributed by atoms with E-state index in [1.54, 1.807) is 18.5 Å². The molecule has 5 heteroatoms. The summed E-state index contributed by atoms with van der Waals surface area (Å²) in [5.41, 5.74) is 9.27. The lowest BCUT2D eigenvalue weighted by Crippen LogP contribution is -2.00. The van der Waals surface area contributed by atoms with Gasteiger partial charge < -0.3 is 5.73 Å². The number of aromatic nitrogens is 2. The number of nitrogens with two attached hydrogens (primary N) is 1. The van der Waals surface area contributed by atoms with Gasteiger partial charge in [-0.2, -0.15) is 5.26 Å². The normalized spacial score (nSPS) is 10.2. The van der Waals surface area contributed by atoms with Crippen LogP contribution in [0, 0.1) is 11.3 Å². The Morgan fingerprint density at radius 2 is 1.77 bits per heavy atom. The second-order valence-corrected chi connectivity index (χ2v) is 5.05. The summed E-state index contributed by atoms with van der Waals surface area (Å²) in [6.07, 6.45) is 3.36. The second-order valence-electron chi connectivity index (χ2n) is 4.64. The summed E-state index contributed by atoms with van der Waals surface area (Å²) in [6, 6.07) is 14.9. The van der Waals surface area contributed by atoms with Crippen LogP contribution in [0.25, 0.3) is 22.4 Å². The van der Waals surface area contributed by atoms with Crippen molar-refractivity contribution in [1.29, 1.82) is 5.26 Å². The minimum Gasteiger partial charge on any atom is -0.383 e. The fourth-order valence-corrected chi connectivity index (χ4v) is 2.48. The Kier molecular flexibility index (Phi) is 3.73. The van der Waals surface area contributed by atoms with E-state index in [2.05, 4.69) is 16.0 Å². The molecule has 106 valence electrons. The Morgan fingerprint density at radius 3 is 2.45 bits per heavy atom. The van der Waals surface area contributed by atoms with E-state index < -0.39 is 0 Å². The largest absolute Gasteiger partial charge is 0.383 e. The van der Waals surface area contributed by atoms with Crippen LogP contribution in [0.5, 0.6) is 0 Å². The summed E-state index contributed by atoms with van der Waals surface area (Å²) >= 11 is 6.26. The summed E-state index contributed by atoms with van der Waals surface area (Å²) in [5, 5.41) is 9.95. The van der Waals surface area contributed by atoms with Crippen molar-refractivity contribution in [3.63, 3.8) is 0 Å². The van der Waals surface area contributed by atoms with Crippen LogP contribution in [0.3, 0.4) is 0 Å². The molecule has 2 heterocycles. The Morgan fingerprint density at radius 1 is 1.05 bits per heavy atom. The highest BCUT2D eigenvalue weighted by molar-refractivity contribution is 6.33. The predicted octanol–water partition coefficient (Wildman–Crippen LogP) is 3.92. The first-order valence-corrected chi connectivity index (χ1v) is 6.94. The van der Waals surface area contributed by atoms with E-state index in [1.807, 2.05) is 36.4 Å². The fourth-order valence-electron chi connectivity index (χ4n) is 2.24. The van der Waals surface area contributed by atoms with Crippen molar-refractivity contribution in [2.45, 2.75) is 0 Å². The Bertz CT molecular complexity index is 870. The fraction of sp³-hybridized carbons (Fsp3) is 0. The lowest BCUT2D eigenvalue weighted by molar-refractivity contribution is 1.28. The molecule has 22 heavy (non-hydrogen) atoms. The zero-order chi connectivity index (χ0) is 15.5. The third-order valence-corrected chi connectivity index (χ3v) is 3.63. The monoisotopic (exact) mass is 306 g/mol. The van der Waals surface area contributed by atoms with Crippen LogP contribution in [0.15, 0.2) is 54.9 Å². The molecule has 0 radical (unpaired) electrons. The number of hydrogen-bond acceptors (Lipinski definition) is 4. The highest BCUT2D eigenvalue weighted by Crippen LogP contribution is 2.34. The summed E-state index contributed by atoms with van der Waals surface area (Å²) in [4.78, 5) is 8.30. The molecule has 3 rings (SSSR count). The molecule has 0 unspecified atom stereocenters. The van der Waals surface area contributed by atoms with Gasteiger partial charge in [0, 0.05) is 34.1 Å². The van der Waals surface area contributed by atoms with Crippen molar-refractivity contribution >= 4 is 17.4 Å². The van der Waals surface area contributed by atoms with Crippen molar-refractivity contribution in [1.82, 2.24) is 9.97 Å². The average Bonchev–Trinajstić information content (AvgIpc) is 2.55. The molecule has 0 saturated heterocycles. The molecule has 2 N–H and O–H groups in total. The van der Waals surface area contributed by atoms with E-state index in [0.717, 1.165) is 11.1 Å². The van der Waals surface area contributed by atoms with Gasteiger partial charge >= 0.3 is 0 Å². The predicted molar refractivity (Wildman–Crippen MR) is 87.0 cm³/mol. The topological polar surface area (TPSA) is 75.6 Å². The molecule has 2 aromatic heterocycles. The van der Waals surface area contributed by atoms with E-state index >= 15 is 0 Å². The number of benzene rings is 1. The standard InChI is InChI=1S/C17H11ClN4/c18-15-4-2-1-3-12(15)13-9-16(11-5-7-21-8-6-11)22-17(20)14(13)10-19/h1-9H,(H2,20,22). The van der Waals surface area contributed by atoms with Gasteiger partial charge in [0.05, 0.1) is 5.69 Å². The number of halogens is 1. The minimum absolute atomic E-state index is 0.187. The number of nitrogen functional groups attached to an aromatic ring is 1. The summed E-state index contributed by atoms with van der Waals surface area (Å²) in [6.45, 7) is 0. The van der Waals surface area contributed by atoms with Crippen molar-refractivity contribution in [3.05, 3.63) is 65.4 Å². The molecule has 1 aromatic carbocycles. The third kappa shape index (κ3) is 2.50. The van der Waals surface area contributed by atoms with Gasteiger partial charge in [-0.05, 0) is 24.3 Å². The zero-order valence-electron chi connectivity index (χ0n) is 11.5. The Labute approximate surface area is 132 Å². The molecule has 0 saturated carbocycles. The molecule has 4 nitrogen and oxygen atoms in total. The summed E-state index contributed by atoms with van der Waals surface area (Å²) in [7, 11) is 0. The highest BCUT2D eigenvalue weighted by atomic mass is 35.5. The maximum atomic E-state index is 9.39. The van der Waals surface area contributed by atoms with Crippen LogP contribution >= 0.6 is 11.6 Å². The lowest BCUT2D eigenvalue weighted by Gasteiger charge is -2.11. The van der Waals surface area contributed by atoms with Crippen LogP contribution < -0.4 is 5.73 Å². The number of nitrogens with zero attached hydrogens (tertiary/aromatic N) is 3. The number of pyridine rings is 2. The van der Waals surface area contributed by atoms with Crippen LogP contribution in [0.2, 0.25) is 5.02 Å². The maximum absolute atomic E-state index is 9.39. The van der Waals surface area contributed by atoms with E-state index in [0.29, 0.717) is 21.8 Å². The zero-order valence-corrected chi connectivity index (χ0v) is 12.2. The minimum atomic E-state index is 0.187. The van der Waals surface area contributed by atoms with Crippen LogP contribution in [-0.4, -0.2) is 9.97 Å². The van der Waals surface area contributed by atoms with Crippen LogP contribution in [0.1, 0.15) is 5.56 Å². The highest BCUT2D eigenvalue weighted by Gasteiger charge is 2.15. The van der Waals surface area contributed by atoms with E-state index in [-0.39, 0.29) is 5.82 Å². The van der Waals surface area contributed by atoms with Crippen LogP contribution in [0.4, 0.5) is 5.82 Å². The first kappa shape index (κ1) is 14.1. The number of nitriles is 1. The van der Waals surface area contributed by atoms with Gasteiger partial charge in [0.15, 0.2) is 0 Å². The molecule has 0 amide bonds. The van der Waals surface area contributed by atoms with Gasteiger partial charge in [-0.15, -0.1) is 0 Å². The Hall–Kier alpha value is -2.90. The van der Waals surface area contributed by atoms with Crippen molar-refractivity contribution < 1.29 is 0 Å². The second kappa shape index (κ2) is 5.84. The van der Waals surface area contributed by atoms with Crippen LogP contribution in [-0.2, 0) is 0 Å². The first-order valence-electron chi connectivity index (χ1n) is 6.56. The molecule has 0 aliphatic heterocycles. The molecule has 0 atom stereocenters. The molecular weight excluding hydrogens is 296 g/mol. The lowest BCUT2D eigenvalue weighted by atomic mass is 9.98. The van der Waals surface area contributed by atoms with Crippen molar-refractivity contribution in [2.24, 2.45) is 0 Å². The van der Waals surface area contributed by atoms with Gasteiger partial charge in [-0.1, -0.05) is 29.8 Å². The number of hydrogen-bond donors (Lipinski definition) is 1. The molecule has 3 aromatic rings. The Balaban J connectivity index is 2.28. The quantitative estimate of drug-likeness (QED) is 0.778. The molecule has 0 spiro atoms. The average molecular weight is 307 g/mol. The molecule has 0 fully saturated rings. The number of rotatable bonds is 2. The van der Waals surface area contributed by atoms with E-state index in [4.69, 9.17) is 17.3 Å².